The maximum absolute atomic E-state index is 13.4. The highest BCUT2D eigenvalue weighted by Gasteiger charge is 2.51. The van der Waals surface area contributed by atoms with Gasteiger partial charge in [-0.2, -0.15) is 0 Å². The molecule has 2 saturated heterocycles. The van der Waals surface area contributed by atoms with Crippen molar-refractivity contribution in [2.24, 2.45) is 0 Å². The van der Waals surface area contributed by atoms with Gasteiger partial charge >= 0.3 is 0 Å². The number of aliphatic hydroxyl groups is 8. The molecule has 14 nitrogen and oxygen atoms in total. The normalized spacial score (nSPS) is 22.7. The van der Waals surface area contributed by atoms with Gasteiger partial charge in [-0.05, 0) is 103 Å². The summed E-state index contributed by atoms with van der Waals surface area (Å²) in [4.78, 5) is 13.4. The molecule has 2 heterocycles. The number of aliphatic hydroxyl groups excluding tert-OH is 8. The van der Waals surface area contributed by atoms with E-state index in [1.165, 1.54) is 186 Å². The summed E-state index contributed by atoms with van der Waals surface area (Å²) in [6.07, 6.45) is 81.3. The molecular weight excluding hydrogens is 1230 g/mol. The van der Waals surface area contributed by atoms with Gasteiger partial charge in [-0.25, -0.2) is 0 Å². The number of unbranched alkanes of at least 4 members (excludes halogenated alkanes) is 34. The molecule has 12 atom stereocenters. The van der Waals surface area contributed by atoms with E-state index < -0.39 is 86.8 Å². The predicted octanol–water partition coefficient (Wildman–Crippen LogP) is 18.0. The van der Waals surface area contributed by atoms with E-state index in [-0.39, 0.29) is 18.9 Å². The zero-order chi connectivity index (χ0) is 70.8. The summed E-state index contributed by atoms with van der Waals surface area (Å²) in [7, 11) is 0. The van der Waals surface area contributed by atoms with E-state index in [0.29, 0.717) is 12.8 Å². The number of carbonyl (C=O) groups excluding carboxylic acids is 1. The van der Waals surface area contributed by atoms with Crippen molar-refractivity contribution in [2.45, 2.75) is 383 Å². The van der Waals surface area contributed by atoms with Crippen LogP contribution in [0.3, 0.4) is 0 Å². The Labute approximate surface area is 597 Å². The van der Waals surface area contributed by atoms with Crippen LogP contribution >= 0.6 is 0 Å². The summed E-state index contributed by atoms with van der Waals surface area (Å²) in [5, 5.41) is 87.6. The Balaban J connectivity index is 1.62. The average Bonchev–Trinajstić information content (AvgIpc) is 0.793. The Morgan fingerprint density at radius 1 is 0.378 bits per heavy atom. The number of amides is 1. The number of rotatable bonds is 65. The summed E-state index contributed by atoms with van der Waals surface area (Å²) in [6.45, 7) is 2.69. The number of hydrogen-bond acceptors (Lipinski definition) is 13. The largest absolute Gasteiger partial charge is 0.394 e. The van der Waals surface area contributed by atoms with Crippen LogP contribution in [0.5, 0.6) is 0 Å². The Bertz CT molecular complexity index is 2110. The van der Waals surface area contributed by atoms with Gasteiger partial charge in [0.05, 0.1) is 32.0 Å². The second-order valence-electron chi connectivity index (χ2n) is 27.4. The third-order valence-electron chi connectivity index (χ3n) is 18.6. The smallest absolute Gasteiger partial charge is 0.220 e. The van der Waals surface area contributed by atoms with Crippen LogP contribution < -0.4 is 5.32 Å². The summed E-state index contributed by atoms with van der Waals surface area (Å²) >= 11 is 0. The van der Waals surface area contributed by atoms with Crippen LogP contribution in [-0.2, 0) is 23.7 Å². The number of nitrogens with one attached hydrogen (secondary N) is 1. The molecule has 12 unspecified atom stereocenters. The molecule has 0 aromatic rings. The lowest BCUT2D eigenvalue weighted by Crippen LogP contribution is -2.65. The third kappa shape index (κ3) is 49.1. The highest BCUT2D eigenvalue weighted by Crippen LogP contribution is 2.30. The molecule has 0 saturated carbocycles. The molecule has 98 heavy (non-hydrogen) atoms. The first-order valence-electron chi connectivity index (χ1n) is 39.8. The van der Waals surface area contributed by atoms with Crippen molar-refractivity contribution >= 4 is 5.91 Å². The number of ether oxygens (including phenoxy) is 4. The lowest BCUT2D eigenvalue weighted by atomic mass is 9.97. The van der Waals surface area contributed by atoms with E-state index in [0.717, 1.165) is 89.9 Å². The first kappa shape index (κ1) is 90.5. The van der Waals surface area contributed by atoms with Gasteiger partial charge in [0.2, 0.25) is 5.91 Å². The Morgan fingerprint density at radius 3 is 1.12 bits per heavy atom. The van der Waals surface area contributed by atoms with Crippen LogP contribution in [0.4, 0.5) is 0 Å². The summed E-state index contributed by atoms with van der Waals surface area (Å²) in [5.41, 5.74) is 0. The second-order valence-corrected chi connectivity index (χ2v) is 27.4. The van der Waals surface area contributed by atoms with Crippen molar-refractivity contribution in [1.82, 2.24) is 5.32 Å². The van der Waals surface area contributed by atoms with Gasteiger partial charge in [-0.15, -0.1) is 0 Å². The van der Waals surface area contributed by atoms with E-state index in [1.807, 2.05) is 6.08 Å². The van der Waals surface area contributed by atoms with Crippen molar-refractivity contribution in [3.63, 3.8) is 0 Å². The minimum Gasteiger partial charge on any atom is -0.394 e. The highest BCUT2D eigenvalue weighted by molar-refractivity contribution is 5.76. The Hall–Kier alpha value is -3.61. The lowest BCUT2D eigenvalue weighted by Gasteiger charge is -2.46. The van der Waals surface area contributed by atoms with Crippen LogP contribution in [0, 0.1) is 0 Å². The van der Waals surface area contributed by atoms with Crippen LogP contribution in [-0.4, -0.2) is 140 Å². The summed E-state index contributed by atoms with van der Waals surface area (Å²) < 4.78 is 22.9. The third-order valence-corrected chi connectivity index (χ3v) is 18.6. The van der Waals surface area contributed by atoms with Crippen LogP contribution in [0.15, 0.2) is 122 Å². The molecule has 0 aromatic carbocycles. The molecule has 0 spiro atoms. The molecule has 2 aliphatic heterocycles. The molecule has 2 rings (SSSR count). The topological polar surface area (TPSA) is 228 Å². The summed E-state index contributed by atoms with van der Waals surface area (Å²) in [6, 6.07) is -0.946. The predicted molar refractivity (Wildman–Crippen MR) is 405 cm³/mol. The standard InChI is InChI=1S/C84H145NO13/c1-3-5-7-9-11-13-15-17-19-21-23-25-27-29-30-31-32-33-34-35-36-37-38-39-40-41-42-44-46-48-50-52-54-56-58-60-62-64-66-68-76(89)85-72(71-95-83-81(94)79(92)82(75(70-87)97-83)98-84-80(93)78(91)77(90)74(69-86)96-84)73(88)67-65-63-61-59-57-55-53-51-49-47-45-43-28-26-24-22-20-18-16-14-12-10-8-6-4-2/h5,7,11,13,17,19,23,25,29-30,32-33,35-36,49,51,57,59,65,67,72-75,77-84,86-88,90-94H,3-4,6,8-10,12,14-16,18,20-22,24,26-28,31,34,37-48,50,52-56,58,60-64,66,68-71H2,1-2H3,(H,85,89)/b7-5-,13-11-,19-17-,25-23-,30-29-,33-32-,36-35-,51-49+,59-57+,67-65+. The fourth-order valence-corrected chi connectivity index (χ4v) is 12.4. The Morgan fingerprint density at radius 2 is 0.714 bits per heavy atom. The number of hydrogen-bond donors (Lipinski definition) is 9. The molecule has 14 heteroatoms. The van der Waals surface area contributed by atoms with Gasteiger partial charge in [0, 0.05) is 6.42 Å². The van der Waals surface area contributed by atoms with Crippen molar-refractivity contribution in [1.29, 1.82) is 0 Å². The molecule has 1 amide bonds. The maximum atomic E-state index is 13.4. The zero-order valence-electron chi connectivity index (χ0n) is 61.7. The molecule has 564 valence electrons. The molecule has 0 aliphatic carbocycles. The van der Waals surface area contributed by atoms with E-state index >= 15 is 0 Å². The van der Waals surface area contributed by atoms with Gasteiger partial charge < -0.3 is 65.1 Å². The van der Waals surface area contributed by atoms with Crippen molar-refractivity contribution in [3.05, 3.63) is 122 Å². The van der Waals surface area contributed by atoms with Crippen molar-refractivity contribution in [3.8, 4) is 0 Å². The van der Waals surface area contributed by atoms with E-state index in [2.05, 4.69) is 129 Å². The number of allylic oxidation sites excluding steroid dienone is 19. The second kappa shape index (κ2) is 66.6. The fraction of sp³-hybridized carbons (Fsp3) is 0.750. The van der Waals surface area contributed by atoms with Gasteiger partial charge in [-0.1, -0.05) is 322 Å². The molecule has 0 bridgehead atoms. The van der Waals surface area contributed by atoms with Gasteiger partial charge in [-0.3, -0.25) is 4.79 Å². The monoisotopic (exact) mass is 1380 g/mol. The van der Waals surface area contributed by atoms with Gasteiger partial charge in [0.25, 0.3) is 0 Å². The first-order valence-corrected chi connectivity index (χ1v) is 39.8. The average molecular weight is 1380 g/mol. The lowest BCUT2D eigenvalue weighted by molar-refractivity contribution is -0.359. The highest BCUT2D eigenvalue weighted by atomic mass is 16.7. The van der Waals surface area contributed by atoms with Gasteiger partial charge in [0.15, 0.2) is 12.6 Å². The minimum atomic E-state index is -1.80. The fourth-order valence-electron chi connectivity index (χ4n) is 12.4. The van der Waals surface area contributed by atoms with Crippen molar-refractivity contribution in [2.75, 3.05) is 19.8 Å². The van der Waals surface area contributed by atoms with Crippen molar-refractivity contribution < 1.29 is 64.6 Å². The van der Waals surface area contributed by atoms with E-state index in [9.17, 15) is 45.6 Å². The van der Waals surface area contributed by atoms with E-state index in [4.69, 9.17) is 18.9 Å². The molecular formula is C84H145NO13. The molecule has 9 N–H and O–H groups in total. The van der Waals surface area contributed by atoms with Crippen LogP contribution in [0.2, 0.25) is 0 Å². The molecule has 0 radical (unpaired) electrons. The quantitative estimate of drug-likeness (QED) is 0.0204. The zero-order valence-corrected chi connectivity index (χ0v) is 61.7. The summed E-state index contributed by atoms with van der Waals surface area (Å²) in [5.74, 6) is -0.253. The van der Waals surface area contributed by atoms with Crippen LogP contribution in [0.1, 0.15) is 309 Å². The maximum Gasteiger partial charge on any atom is 0.220 e. The molecule has 2 fully saturated rings. The first-order chi connectivity index (χ1) is 48.1. The van der Waals surface area contributed by atoms with E-state index in [1.54, 1.807) is 6.08 Å². The minimum absolute atomic E-state index is 0.253. The Kier molecular flexibility index (Phi) is 61.5. The molecule has 0 aromatic heterocycles. The number of carbonyl (C=O) groups is 1. The van der Waals surface area contributed by atoms with Crippen LogP contribution in [0.25, 0.3) is 0 Å². The molecule has 2 aliphatic rings. The SMILES string of the molecule is CC/C=C\C/C=C\C/C=C\C/C=C\C/C=C\C/C=C\C/C=C\CCCCCCCCCCCCCCCCCCCC(=O)NC(COC1OC(CO)C(OC2OC(CO)C(O)C(O)C2O)C(O)C1O)C(O)/C=C/CC/C=C/CC/C=C/CCCCCCCCCCCCCCCCC. The van der Waals surface area contributed by atoms with Gasteiger partial charge in [0.1, 0.15) is 48.8 Å².